The summed E-state index contributed by atoms with van der Waals surface area (Å²) in [5, 5.41) is 0.0541. The maximum Gasteiger partial charge on any atom is 0.321 e. The summed E-state index contributed by atoms with van der Waals surface area (Å²) in [6.45, 7) is 17.8. The summed E-state index contributed by atoms with van der Waals surface area (Å²) in [4.78, 5) is 32.7. The van der Waals surface area contributed by atoms with Gasteiger partial charge in [-0.1, -0.05) is 85.5 Å². The van der Waals surface area contributed by atoms with Gasteiger partial charge in [-0.05, 0) is 37.5 Å². The van der Waals surface area contributed by atoms with Crippen LogP contribution in [0, 0.1) is 10.8 Å². The number of amides is 4. The lowest BCUT2D eigenvalue weighted by Gasteiger charge is -2.32. The van der Waals surface area contributed by atoms with E-state index < -0.39 is 0 Å². The summed E-state index contributed by atoms with van der Waals surface area (Å²) in [6, 6.07) is 0.297. The largest absolute Gasteiger partial charge is 0.322 e. The number of hydrogen-bond acceptors (Lipinski definition) is 4. The van der Waals surface area contributed by atoms with E-state index in [4.69, 9.17) is 0 Å². The number of likely N-dealkylation sites (N-methyl/N-ethyl adjacent to an activating group) is 2. The Morgan fingerprint density at radius 1 is 0.622 bits per heavy atom. The zero-order chi connectivity index (χ0) is 27.6. The quantitative estimate of drug-likeness (QED) is 0.137. The van der Waals surface area contributed by atoms with Crippen molar-refractivity contribution in [3.63, 3.8) is 0 Å². The van der Waals surface area contributed by atoms with Crippen LogP contribution < -0.4 is 0 Å². The van der Waals surface area contributed by atoms with E-state index in [0.717, 1.165) is 52.1 Å². The van der Waals surface area contributed by atoms with Crippen molar-refractivity contribution in [2.75, 3.05) is 39.3 Å². The van der Waals surface area contributed by atoms with E-state index in [1.807, 2.05) is 33.4 Å². The van der Waals surface area contributed by atoms with Crippen LogP contribution in [0.25, 0.3) is 0 Å². The van der Waals surface area contributed by atoms with E-state index in [0.29, 0.717) is 0 Å². The van der Waals surface area contributed by atoms with Gasteiger partial charge in [0.25, 0.3) is 0 Å². The third-order valence-electron chi connectivity index (χ3n) is 8.19. The molecule has 0 aromatic rings. The van der Waals surface area contributed by atoms with Crippen molar-refractivity contribution in [3.05, 3.63) is 0 Å². The first kappa shape index (κ1) is 32.5. The molecule has 2 aliphatic rings. The van der Waals surface area contributed by atoms with Crippen LogP contribution in [-0.4, -0.2) is 81.7 Å². The van der Waals surface area contributed by atoms with E-state index in [9.17, 15) is 9.59 Å². The molecule has 0 bridgehead atoms. The van der Waals surface area contributed by atoms with Crippen molar-refractivity contribution in [1.29, 1.82) is 0 Å². The van der Waals surface area contributed by atoms with E-state index in [1.54, 1.807) is 0 Å². The second-order valence-electron chi connectivity index (χ2n) is 12.9. The minimum absolute atomic E-state index is 0.0271. The molecule has 6 nitrogen and oxygen atoms in total. The Bertz CT molecular complexity index is 660. The topological polar surface area (TPSA) is 47.1 Å². The highest BCUT2D eigenvalue weighted by Gasteiger charge is 2.38. The zero-order valence-corrected chi connectivity index (χ0v) is 26.5. The summed E-state index contributed by atoms with van der Waals surface area (Å²) in [7, 11) is 0. The van der Waals surface area contributed by atoms with Gasteiger partial charge in [0.05, 0.1) is 23.8 Å². The number of carbonyl (C=O) groups excluding carboxylic acids is 2. The van der Waals surface area contributed by atoms with Gasteiger partial charge >= 0.3 is 12.1 Å². The second kappa shape index (κ2) is 15.1. The van der Waals surface area contributed by atoms with Crippen molar-refractivity contribution < 1.29 is 9.59 Å². The number of unbranched alkanes of at least 4 members (excludes halogenated alkanes) is 8. The summed E-state index contributed by atoms with van der Waals surface area (Å²) < 4.78 is 0. The number of carbonyl (C=O) groups is 2. The van der Waals surface area contributed by atoms with E-state index in [2.05, 4.69) is 53.0 Å². The fourth-order valence-electron chi connectivity index (χ4n) is 5.77. The van der Waals surface area contributed by atoms with Crippen LogP contribution in [0.1, 0.15) is 112 Å². The van der Waals surface area contributed by atoms with Gasteiger partial charge in [-0.25, -0.2) is 9.59 Å². The highest BCUT2D eigenvalue weighted by Crippen LogP contribution is 2.31. The number of thiol groups is 2. The van der Waals surface area contributed by atoms with E-state index in [1.165, 1.54) is 57.8 Å². The summed E-state index contributed by atoms with van der Waals surface area (Å²) >= 11 is 9.29. The fraction of sp³-hybridized carbons (Fsp3) is 0.931. The van der Waals surface area contributed by atoms with Crippen LogP contribution in [0.2, 0.25) is 0 Å². The summed E-state index contributed by atoms with van der Waals surface area (Å²) in [5.74, 6) is 0. The van der Waals surface area contributed by atoms with Crippen LogP contribution in [0.15, 0.2) is 0 Å². The Kier molecular flexibility index (Phi) is 13.3. The first-order chi connectivity index (χ1) is 17.4. The van der Waals surface area contributed by atoms with E-state index >= 15 is 0 Å². The Labute approximate surface area is 239 Å². The Morgan fingerprint density at radius 2 is 0.919 bits per heavy atom. The van der Waals surface area contributed by atoms with Crippen molar-refractivity contribution >= 4 is 37.3 Å². The average molecular weight is 557 g/mol. The van der Waals surface area contributed by atoms with Crippen molar-refractivity contribution in [2.24, 2.45) is 10.8 Å². The first-order valence-electron chi connectivity index (χ1n) is 14.9. The number of nitrogens with zero attached hydrogens (tertiary/aromatic N) is 4. The highest BCUT2D eigenvalue weighted by molar-refractivity contribution is 7.81. The standard InChI is InChI=1S/C29H56N4O2S2/c1-7-30-20-24(36)32(26(30)34)22-28(3,4)18-16-14-12-10-9-11-13-15-17-19-29(5,6)23-33-25(37)21-31(8-2)27(33)35/h24-25,36-37H,7-23H2,1-6H3. The molecule has 0 N–H and O–H groups in total. The van der Waals surface area contributed by atoms with Gasteiger partial charge in [0, 0.05) is 26.2 Å². The van der Waals surface area contributed by atoms with Crippen LogP contribution >= 0.6 is 25.3 Å². The van der Waals surface area contributed by atoms with Crippen LogP contribution in [0.5, 0.6) is 0 Å². The summed E-state index contributed by atoms with van der Waals surface area (Å²) in [6.07, 6.45) is 14.0. The normalized spacial score (nSPS) is 21.2. The van der Waals surface area contributed by atoms with Crippen LogP contribution in [0.4, 0.5) is 9.59 Å². The first-order valence-corrected chi connectivity index (χ1v) is 15.9. The lowest BCUT2D eigenvalue weighted by molar-refractivity contribution is 0.164. The minimum Gasteiger partial charge on any atom is -0.322 e. The lowest BCUT2D eigenvalue weighted by Crippen LogP contribution is -2.40. The zero-order valence-electron chi connectivity index (χ0n) is 24.7. The molecule has 4 amide bonds. The third kappa shape index (κ3) is 10.4. The number of urea groups is 2. The van der Waals surface area contributed by atoms with Gasteiger partial charge in [0.1, 0.15) is 0 Å². The molecule has 2 unspecified atom stereocenters. The second-order valence-corrected chi connectivity index (χ2v) is 14.1. The maximum atomic E-state index is 12.5. The lowest BCUT2D eigenvalue weighted by atomic mass is 9.86. The molecular weight excluding hydrogens is 500 g/mol. The van der Waals surface area contributed by atoms with Gasteiger partial charge in [-0.2, -0.15) is 25.3 Å². The molecular formula is C29H56N4O2S2. The molecule has 0 aliphatic carbocycles. The fourth-order valence-corrected chi connectivity index (χ4v) is 6.52. The highest BCUT2D eigenvalue weighted by atomic mass is 32.1. The van der Waals surface area contributed by atoms with Gasteiger partial charge < -0.3 is 19.6 Å². The molecule has 0 aromatic heterocycles. The van der Waals surface area contributed by atoms with Crippen molar-refractivity contribution in [2.45, 2.75) is 123 Å². The van der Waals surface area contributed by atoms with Crippen molar-refractivity contribution in [1.82, 2.24) is 19.6 Å². The Hall–Kier alpha value is -0.760. The minimum atomic E-state index is 0.0271. The molecule has 2 fully saturated rings. The monoisotopic (exact) mass is 556 g/mol. The van der Waals surface area contributed by atoms with Gasteiger partial charge in [-0.15, -0.1) is 0 Å². The molecule has 2 saturated heterocycles. The molecule has 37 heavy (non-hydrogen) atoms. The molecule has 216 valence electrons. The van der Waals surface area contributed by atoms with Gasteiger partial charge in [-0.3, -0.25) is 0 Å². The maximum absolute atomic E-state index is 12.5. The van der Waals surface area contributed by atoms with Crippen LogP contribution in [-0.2, 0) is 0 Å². The van der Waals surface area contributed by atoms with Gasteiger partial charge in [0.15, 0.2) is 0 Å². The predicted octanol–water partition coefficient (Wildman–Crippen LogP) is 7.36. The molecule has 8 heteroatoms. The van der Waals surface area contributed by atoms with E-state index in [-0.39, 0.29) is 33.6 Å². The predicted molar refractivity (Wildman–Crippen MR) is 163 cm³/mol. The van der Waals surface area contributed by atoms with Crippen molar-refractivity contribution in [3.8, 4) is 0 Å². The molecule has 0 aromatic carbocycles. The smallest absolute Gasteiger partial charge is 0.321 e. The number of hydrogen-bond donors (Lipinski definition) is 2. The van der Waals surface area contributed by atoms with Gasteiger partial charge in [0.2, 0.25) is 0 Å². The Morgan fingerprint density at radius 3 is 1.19 bits per heavy atom. The molecule has 2 atom stereocenters. The third-order valence-corrected chi connectivity index (χ3v) is 9.07. The Balaban J connectivity index is 1.48. The van der Waals surface area contributed by atoms with Crippen LogP contribution in [0.3, 0.4) is 0 Å². The average Bonchev–Trinajstić information content (AvgIpc) is 3.25. The molecule has 0 radical (unpaired) electrons. The molecule has 2 heterocycles. The molecule has 0 saturated carbocycles. The molecule has 2 aliphatic heterocycles. The number of rotatable bonds is 18. The molecule has 2 rings (SSSR count). The molecule has 0 spiro atoms. The summed E-state index contributed by atoms with van der Waals surface area (Å²) in [5.41, 5.74) is 0.277. The SMILES string of the molecule is CCN1CC(S)N(CC(C)(C)CCCCCCCCCCCC(C)(C)CN2C(=O)N(CC)CC2S)C1=O.